The van der Waals surface area contributed by atoms with E-state index in [2.05, 4.69) is 31.2 Å². The molecule has 1 heteroatoms. The van der Waals surface area contributed by atoms with Gasteiger partial charge in [-0.25, -0.2) is 0 Å². The van der Waals surface area contributed by atoms with Gasteiger partial charge < -0.3 is 0 Å². The van der Waals surface area contributed by atoms with Gasteiger partial charge in [0.05, 0.1) is 5.69 Å². The van der Waals surface area contributed by atoms with Crippen molar-refractivity contribution in [1.82, 2.24) is 5.32 Å². The SMILES string of the molecule is CC1(C2CCC3=C2c2ccccc2[N]3)CCCCCCC1. The minimum Gasteiger partial charge on any atom is -0.253 e. The number of hydrogen-bond acceptors (Lipinski definition) is 0. The predicted molar refractivity (Wildman–Crippen MR) is 88.3 cm³/mol. The van der Waals surface area contributed by atoms with Gasteiger partial charge in [0.1, 0.15) is 0 Å². The molecule has 111 valence electrons. The van der Waals surface area contributed by atoms with Crippen molar-refractivity contribution in [2.75, 3.05) is 0 Å². The average Bonchev–Trinajstić information content (AvgIpc) is 3.02. The molecule has 0 spiro atoms. The van der Waals surface area contributed by atoms with Crippen LogP contribution in [0.3, 0.4) is 0 Å². The first kappa shape index (κ1) is 13.4. The van der Waals surface area contributed by atoms with Gasteiger partial charge in [-0.3, -0.25) is 5.32 Å². The summed E-state index contributed by atoms with van der Waals surface area (Å²) in [5.41, 5.74) is 6.20. The topological polar surface area (TPSA) is 14.1 Å². The maximum atomic E-state index is 4.91. The summed E-state index contributed by atoms with van der Waals surface area (Å²) in [6, 6.07) is 8.79. The van der Waals surface area contributed by atoms with Crippen molar-refractivity contribution in [3.63, 3.8) is 0 Å². The molecule has 21 heavy (non-hydrogen) atoms. The zero-order chi connectivity index (χ0) is 14.3. The molecule has 0 N–H and O–H groups in total. The molecule has 1 nitrogen and oxygen atoms in total. The molecule has 1 aromatic rings. The second-order valence-corrected chi connectivity index (χ2v) is 7.50. The first-order valence-corrected chi connectivity index (χ1v) is 8.82. The van der Waals surface area contributed by atoms with Crippen molar-refractivity contribution in [2.45, 2.75) is 64.7 Å². The van der Waals surface area contributed by atoms with E-state index in [1.807, 2.05) is 0 Å². The lowest BCUT2D eigenvalue weighted by Crippen LogP contribution is -2.28. The molecular weight excluding hydrogens is 254 g/mol. The Morgan fingerprint density at radius 3 is 2.52 bits per heavy atom. The van der Waals surface area contributed by atoms with Crippen molar-refractivity contribution >= 4 is 11.3 Å². The van der Waals surface area contributed by atoms with E-state index in [0.717, 1.165) is 5.92 Å². The van der Waals surface area contributed by atoms with Crippen LogP contribution in [0.25, 0.3) is 5.57 Å². The summed E-state index contributed by atoms with van der Waals surface area (Å²) in [4.78, 5) is 0. The molecule has 1 aliphatic heterocycles. The summed E-state index contributed by atoms with van der Waals surface area (Å²) < 4.78 is 0. The third-order valence-corrected chi connectivity index (χ3v) is 6.12. The van der Waals surface area contributed by atoms with E-state index in [1.165, 1.54) is 74.7 Å². The monoisotopic (exact) mass is 280 g/mol. The Bertz CT molecular complexity index is 561. The van der Waals surface area contributed by atoms with Gasteiger partial charge in [0, 0.05) is 11.3 Å². The van der Waals surface area contributed by atoms with Crippen LogP contribution < -0.4 is 5.32 Å². The van der Waals surface area contributed by atoms with Crippen LogP contribution in [0.4, 0.5) is 5.69 Å². The van der Waals surface area contributed by atoms with Gasteiger partial charge in [0.2, 0.25) is 0 Å². The Kier molecular flexibility index (Phi) is 3.32. The van der Waals surface area contributed by atoms with Gasteiger partial charge in [-0.2, -0.15) is 0 Å². The molecule has 1 aromatic carbocycles. The Balaban J connectivity index is 1.67. The standard InChI is InChI=1S/C20H26N/c1-20(13-7-3-2-4-8-14-20)16-11-12-18-19(16)15-9-5-6-10-17(15)21-18/h5-6,9-10,16H,2-4,7-8,11-14H2,1H3. The fraction of sp³-hybridized carbons (Fsp3) is 0.600. The van der Waals surface area contributed by atoms with E-state index in [4.69, 9.17) is 5.32 Å². The second-order valence-electron chi connectivity index (χ2n) is 7.50. The van der Waals surface area contributed by atoms with E-state index >= 15 is 0 Å². The minimum absolute atomic E-state index is 0.504. The van der Waals surface area contributed by atoms with Crippen LogP contribution in [0.2, 0.25) is 0 Å². The molecule has 1 unspecified atom stereocenters. The fourth-order valence-electron chi connectivity index (χ4n) is 4.92. The minimum atomic E-state index is 0.504. The van der Waals surface area contributed by atoms with Crippen molar-refractivity contribution < 1.29 is 0 Å². The van der Waals surface area contributed by atoms with E-state index in [-0.39, 0.29) is 0 Å². The Morgan fingerprint density at radius 1 is 1.00 bits per heavy atom. The third kappa shape index (κ3) is 2.22. The molecule has 1 radical (unpaired) electrons. The molecule has 1 heterocycles. The lowest BCUT2D eigenvalue weighted by molar-refractivity contribution is 0.171. The highest BCUT2D eigenvalue weighted by Gasteiger charge is 2.43. The number of fused-ring (bicyclic) bond motifs is 2. The van der Waals surface area contributed by atoms with Gasteiger partial charge in [-0.15, -0.1) is 0 Å². The Morgan fingerprint density at radius 2 is 1.71 bits per heavy atom. The van der Waals surface area contributed by atoms with Crippen molar-refractivity contribution in [3.05, 3.63) is 35.5 Å². The maximum absolute atomic E-state index is 4.91. The summed E-state index contributed by atoms with van der Waals surface area (Å²) in [6.07, 6.45) is 12.5. The van der Waals surface area contributed by atoms with Gasteiger partial charge >= 0.3 is 0 Å². The molecular formula is C20H26N. The predicted octanol–water partition coefficient (Wildman–Crippen LogP) is 5.81. The highest BCUT2D eigenvalue weighted by molar-refractivity contribution is 5.84. The Hall–Kier alpha value is -1.24. The van der Waals surface area contributed by atoms with Crippen LogP contribution in [0.15, 0.2) is 30.0 Å². The van der Waals surface area contributed by atoms with Gasteiger partial charge in [-0.1, -0.05) is 57.2 Å². The highest BCUT2D eigenvalue weighted by Crippen LogP contribution is 2.56. The highest BCUT2D eigenvalue weighted by atomic mass is 14.9. The third-order valence-electron chi connectivity index (χ3n) is 6.12. The number of allylic oxidation sites excluding steroid dienone is 2. The molecule has 1 fully saturated rings. The van der Waals surface area contributed by atoms with E-state index in [1.54, 1.807) is 5.57 Å². The molecule has 1 atom stereocenters. The van der Waals surface area contributed by atoms with Gasteiger partial charge in [0.25, 0.3) is 0 Å². The van der Waals surface area contributed by atoms with Crippen molar-refractivity contribution in [2.24, 2.45) is 11.3 Å². The van der Waals surface area contributed by atoms with Gasteiger partial charge in [-0.05, 0) is 48.7 Å². The molecule has 0 saturated heterocycles. The molecule has 2 aliphatic carbocycles. The molecule has 1 saturated carbocycles. The first-order chi connectivity index (χ1) is 10.3. The number of hydrogen-bond donors (Lipinski definition) is 0. The van der Waals surface area contributed by atoms with Crippen LogP contribution in [-0.2, 0) is 0 Å². The number of nitrogens with zero attached hydrogens (tertiary/aromatic N) is 1. The molecule has 0 amide bonds. The molecule has 3 aliphatic rings. The van der Waals surface area contributed by atoms with Crippen molar-refractivity contribution in [3.8, 4) is 0 Å². The zero-order valence-corrected chi connectivity index (χ0v) is 13.2. The summed E-state index contributed by atoms with van der Waals surface area (Å²) in [5, 5.41) is 4.91. The van der Waals surface area contributed by atoms with Crippen LogP contribution >= 0.6 is 0 Å². The first-order valence-electron chi connectivity index (χ1n) is 8.82. The number of para-hydroxylation sites is 1. The fourth-order valence-corrected chi connectivity index (χ4v) is 4.92. The zero-order valence-electron chi connectivity index (χ0n) is 13.2. The summed E-state index contributed by atoms with van der Waals surface area (Å²) >= 11 is 0. The Labute approximate surface area is 128 Å². The van der Waals surface area contributed by atoms with E-state index in [0.29, 0.717) is 5.41 Å². The molecule has 0 bridgehead atoms. The van der Waals surface area contributed by atoms with Crippen LogP contribution in [0.5, 0.6) is 0 Å². The van der Waals surface area contributed by atoms with Crippen LogP contribution in [0, 0.1) is 11.3 Å². The smallest absolute Gasteiger partial charge is 0.0708 e. The van der Waals surface area contributed by atoms with E-state index < -0.39 is 0 Å². The van der Waals surface area contributed by atoms with Crippen molar-refractivity contribution in [1.29, 1.82) is 0 Å². The van der Waals surface area contributed by atoms with E-state index in [9.17, 15) is 0 Å². The lowest BCUT2D eigenvalue weighted by atomic mass is 9.66. The number of rotatable bonds is 1. The molecule has 0 aromatic heterocycles. The number of benzene rings is 1. The van der Waals surface area contributed by atoms with Gasteiger partial charge in [0.15, 0.2) is 0 Å². The summed E-state index contributed by atoms with van der Waals surface area (Å²) in [5.74, 6) is 0.748. The van der Waals surface area contributed by atoms with Crippen LogP contribution in [-0.4, -0.2) is 0 Å². The summed E-state index contributed by atoms with van der Waals surface area (Å²) in [7, 11) is 0. The lowest BCUT2D eigenvalue weighted by Gasteiger charge is -2.39. The van der Waals surface area contributed by atoms with Crippen LogP contribution in [0.1, 0.15) is 70.3 Å². The molecule has 4 rings (SSSR count). The average molecular weight is 280 g/mol. The maximum Gasteiger partial charge on any atom is 0.0708 e. The largest absolute Gasteiger partial charge is 0.253 e. The second kappa shape index (κ2) is 5.19. The normalized spacial score (nSPS) is 27.6. The quantitative estimate of drug-likeness (QED) is 0.616. The summed E-state index contributed by atoms with van der Waals surface area (Å²) in [6.45, 7) is 2.57.